The molecule has 0 fully saturated rings. The maximum atomic E-state index is 12.0. The second kappa shape index (κ2) is 8.21. The molecule has 0 amide bonds. The SMILES string of the molecule is O=c1[nH]c(=O)n(C(Cl)Cc2ccc(Cl)cc2)nc1OCc1ccccc1. The van der Waals surface area contributed by atoms with Crippen LogP contribution in [0.3, 0.4) is 0 Å². The number of hydrogen-bond acceptors (Lipinski definition) is 4. The van der Waals surface area contributed by atoms with E-state index < -0.39 is 16.8 Å². The van der Waals surface area contributed by atoms with Crippen molar-refractivity contribution in [1.82, 2.24) is 14.8 Å². The van der Waals surface area contributed by atoms with Crippen LogP contribution in [-0.4, -0.2) is 14.8 Å². The highest BCUT2D eigenvalue weighted by molar-refractivity contribution is 6.30. The van der Waals surface area contributed by atoms with Crippen LogP contribution in [0.1, 0.15) is 16.6 Å². The summed E-state index contributed by atoms with van der Waals surface area (Å²) in [7, 11) is 0. The summed E-state index contributed by atoms with van der Waals surface area (Å²) in [4.78, 5) is 26.1. The van der Waals surface area contributed by atoms with Gasteiger partial charge in [-0.05, 0) is 23.3 Å². The Morgan fingerprint density at radius 1 is 1.04 bits per heavy atom. The molecule has 6 nitrogen and oxygen atoms in total. The molecule has 0 aliphatic carbocycles. The number of H-pyrrole nitrogens is 1. The molecule has 1 atom stereocenters. The van der Waals surface area contributed by atoms with Gasteiger partial charge in [-0.2, -0.15) is 4.68 Å². The summed E-state index contributed by atoms with van der Waals surface area (Å²) in [6.07, 6.45) is 0.329. The van der Waals surface area contributed by atoms with Crippen molar-refractivity contribution < 1.29 is 4.74 Å². The summed E-state index contributed by atoms with van der Waals surface area (Å²) in [6, 6.07) is 16.4. The second-order valence-electron chi connectivity index (χ2n) is 5.55. The van der Waals surface area contributed by atoms with Gasteiger partial charge >= 0.3 is 11.2 Å². The van der Waals surface area contributed by atoms with Crippen LogP contribution >= 0.6 is 23.2 Å². The molecule has 0 aliphatic heterocycles. The van der Waals surface area contributed by atoms with Gasteiger partial charge in [-0.25, -0.2) is 4.79 Å². The quantitative estimate of drug-likeness (QED) is 0.654. The summed E-state index contributed by atoms with van der Waals surface area (Å²) in [6.45, 7) is 0.152. The monoisotopic (exact) mass is 391 g/mol. The van der Waals surface area contributed by atoms with Gasteiger partial charge < -0.3 is 4.74 Å². The Morgan fingerprint density at radius 3 is 2.42 bits per heavy atom. The molecule has 0 aliphatic rings. The number of aromatic nitrogens is 3. The van der Waals surface area contributed by atoms with Gasteiger partial charge in [0.15, 0.2) is 0 Å². The Balaban J connectivity index is 1.79. The van der Waals surface area contributed by atoms with Crippen molar-refractivity contribution in [2.24, 2.45) is 0 Å². The molecule has 26 heavy (non-hydrogen) atoms. The van der Waals surface area contributed by atoms with Crippen molar-refractivity contribution in [3.05, 3.63) is 91.6 Å². The van der Waals surface area contributed by atoms with E-state index in [2.05, 4.69) is 10.1 Å². The number of nitrogens with one attached hydrogen (secondary N) is 1. The van der Waals surface area contributed by atoms with Gasteiger partial charge in [0.2, 0.25) is 0 Å². The zero-order chi connectivity index (χ0) is 18.5. The molecule has 1 aromatic heterocycles. The summed E-state index contributed by atoms with van der Waals surface area (Å²) >= 11 is 12.2. The van der Waals surface area contributed by atoms with Gasteiger partial charge in [0.25, 0.3) is 5.88 Å². The molecule has 1 unspecified atom stereocenters. The van der Waals surface area contributed by atoms with Gasteiger partial charge in [0, 0.05) is 11.4 Å². The van der Waals surface area contributed by atoms with Crippen molar-refractivity contribution in [2.45, 2.75) is 18.5 Å². The Labute approximate surface area is 159 Å². The number of nitrogens with zero attached hydrogens (tertiary/aromatic N) is 2. The first kappa shape index (κ1) is 18.2. The van der Waals surface area contributed by atoms with E-state index in [1.165, 1.54) is 0 Å². The minimum absolute atomic E-state index is 0.152. The van der Waals surface area contributed by atoms with E-state index in [0.717, 1.165) is 15.8 Å². The Kier molecular flexibility index (Phi) is 5.75. The van der Waals surface area contributed by atoms with Crippen LogP contribution in [0.15, 0.2) is 64.2 Å². The average Bonchev–Trinajstić information content (AvgIpc) is 2.63. The first-order chi connectivity index (χ1) is 12.5. The molecular weight excluding hydrogens is 377 g/mol. The topological polar surface area (TPSA) is 77.0 Å². The van der Waals surface area contributed by atoms with E-state index >= 15 is 0 Å². The van der Waals surface area contributed by atoms with E-state index in [0.29, 0.717) is 11.4 Å². The molecule has 134 valence electrons. The fourth-order valence-electron chi connectivity index (χ4n) is 2.31. The Morgan fingerprint density at radius 2 is 1.73 bits per heavy atom. The predicted octanol–water partition coefficient (Wildman–Crippen LogP) is 3.14. The highest BCUT2D eigenvalue weighted by Gasteiger charge is 2.15. The average molecular weight is 392 g/mol. The molecule has 1 heterocycles. The molecule has 3 aromatic rings. The van der Waals surface area contributed by atoms with Crippen LogP contribution in [0.2, 0.25) is 5.02 Å². The van der Waals surface area contributed by atoms with Crippen LogP contribution in [0.25, 0.3) is 0 Å². The van der Waals surface area contributed by atoms with Crippen LogP contribution in [0, 0.1) is 0 Å². The zero-order valence-electron chi connectivity index (χ0n) is 13.6. The number of hydrogen-bond donors (Lipinski definition) is 1. The highest BCUT2D eigenvalue weighted by atomic mass is 35.5. The fraction of sp³-hybridized carbons (Fsp3) is 0.167. The number of ether oxygens (including phenoxy) is 1. The van der Waals surface area contributed by atoms with Crippen molar-refractivity contribution in [3.63, 3.8) is 0 Å². The second-order valence-corrected chi connectivity index (χ2v) is 6.49. The van der Waals surface area contributed by atoms with Gasteiger partial charge in [0.1, 0.15) is 12.1 Å². The summed E-state index contributed by atoms with van der Waals surface area (Å²) in [5.74, 6) is -0.213. The van der Waals surface area contributed by atoms with Crippen molar-refractivity contribution in [3.8, 4) is 5.88 Å². The van der Waals surface area contributed by atoms with Gasteiger partial charge in [-0.3, -0.25) is 9.78 Å². The van der Waals surface area contributed by atoms with Crippen LogP contribution < -0.4 is 16.0 Å². The zero-order valence-corrected chi connectivity index (χ0v) is 15.1. The number of halogens is 2. The van der Waals surface area contributed by atoms with E-state index in [1.807, 2.05) is 30.3 Å². The van der Waals surface area contributed by atoms with E-state index in [4.69, 9.17) is 27.9 Å². The first-order valence-corrected chi connectivity index (χ1v) is 8.63. The maximum Gasteiger partial charge on any atom is 0.346 e. The van der Waals surface area contributed by atoms with Crippen molar-refractivity contribution in [1.29, 1.82) is 0 Å². The van der Waals surface area contributed by atoms with E-state index in [1.54, 1.807) is 24.3 Å². The highest BCUT2D eigenvalue weighted by Crippen LogP contribution is 2.18. The van der Waals surface area contributed by atoms with Gasteiger partial charge in [-0.1, -0.05) is 65.7 Å². The fourth-order valence-corrected chi connectivity index (χ4v) is 2.74. The summed E-state index contributed by atoms with van der Waals surface area (Å²) in [5, 5.41) is 4.59. The standard InChI is InChI=1S/C18H15Cl2N3O3/c19-14-8-6-12(7-9-14)10-15(20)23-18(25)21-16(24)17(22-23)26-11-13-4-2-1-3-5-13/h1-9,15H,10-11H2,(H,21,24,25). The minimum atomic E-state index is -0.792. The number of benzene rings is 2. The molecule has 0 saturated carbocycles. The van der Waals surface area contributed by atoms with E-state index in [9.17, 15) is 9.59 Å². The van der Waals surface area contributed by atoms with E-state index in [-0.39, 0.29) is 12.5 Å². The third kappa shape index (κ3) is 4.53. The lowest BCUT2D eigenvalue weighted by molar-refractivity contribution is 0.274. The lowest BCUT2D eigenvalue weighted by atomic mass is 10.1. The molecule has 1 N–H and O–H groups in total. The Hall–Kier alpha value is -2.57. The number of aromatic amines is 1. The number of rotatable bonds is 6. The van der Waals surface area contributed by atoms with Crippen molar-refractivity contribution in [2.75, 3.05) is 0 Å². The molecule has 8 heteroatoms. The first-order valence-electron chi connectivity index (χ1n) is 7.81. The molecule has 0 saturated heterocycles. The predicted molar refractivity (Wildman–Crippen MR) is 99.9 cm³/mol. The summed E-state index contributed by atoms with van der Waals surface area (Å²) < 4.78 is 6.44. The third-order valence-electron chi connectivity index (χ3n) is 3.62. The normalized spacial score (nSPS) is 11.9. The lowest BCUT2D eigenvalue weighted by Gasteiger charge is -2.13. The maximum absolute atomic E-state index is 12.0. The lowest BCUT2D eigenvalue weighted by Crippen LogP contribution is -2.35. The minimum Gasteiger partial charge on any atom is -0.468 e. The molecule has 3 rings (SSSR count). The smallest absolute Gasteiger partial charge is 0.346 e. The van der Waals surface area contributed by atoms with Crippen LogP contribution in [-0.2, 0) is 13.0 Å². The molecule has 0 spiro atoms. The molecular formula is C18H15Cl2N3O3. The van der Waals surface area contributed by atoms with Crippen LogP contribution in [0.4, 0.5) is 0 Å². The third-order valence-corrected chi connectivity index (χ3v) is 4.21. The number of alkyl halides is 1. The molecule has 2 aromatic carbocycles. The Bertz CT molecular complexity index is 985. The van der Waals surface area contributed by atoms with Gasteiger partial charge in [0.05, 0.1) is 0 Å². The molecule has 0 bridgehead atoms. The van der Waals surface area contributed by atoms with Gasteiger partial charge in [-0.15, -0.1) is 5.10 Å². The van der Waals surface area contributed by atoms with Crippen molar-refractivity contribution >= 4 is 23.2 Å². The largest absolute Gasteiger partial charge is 0.468 e. The summed E-state index contributed by atoms with van der Waals surface area (Å²) in [5.41, 5.74) is -0.441. The van der Waals surface area contributed by atoms with Crippen LogP contribution in [0.5, 0.6) is 5.88 Å². The molecule has 0 radical (unpaired) electrons.